The highest BCUT2D eigenvalue weighted by molar-refractivity contribution is 6.33. The molecule has 3 aromatic rings. The Morgan fingerprint density at radius 3 is 2.69 bits per heavy atom. The molecule has 1 aromatic carbocycles. The zero-order valence-corrected chi connectivity index (χ0v) is 14.6. The molecule has 1 aliphatic rings. The molecule has 0 saturated heterocycles. The van der Waals surface area contributed by atoms with Gasteiger partial charge in [-0.25, -0.2) is 9.37 Å². The maximum absolute atomic E-state index is 13.0. The molecule has 1 fully saturated rings. The number of pyridine rings is 1. The first-order valence-corrected chi connectivity index (χ1v) is 8.73. The third-order valence-corrected chi connectivity index (χ3v) is 4.53. The number of hydrogen-bond donors (Lipinski definition) is 4. The number of hydrogen-bond acceptors (Lipinski definition) is 5. The standard InChI is InChI=1S/C18H18ClFN6/c19-13-7-14(21)18(22-9-10-1-5-12(20)6-2-10)24-17(13)23-16-8-15(25-26-16)11-3-4-11/h1-2,5-8,11H,3-4,9,21H2,(H3,22,23,24,25,26). The van der Waals surface area contributed by atoms with E-state index in [-0.39, 0.29) is 5.82 Å². The number of nitrogens with two attached hydrogens (primary N) is 1. The fraction of sp³-hybridized carbons (Fsp3) is 0.222. The van der Waals surface area contributed by atoms with Gasteiger partial charge in [0.15, 0.2) is 17.5 Å². The van der Waals surface area contributed by atoms with Crippen LogP contribution in [0.15, 0.2) is 36.4 Å². The molecule has 0 bridgehead atoms. The van der Waals surface area contributed by atoms with Crippen molar-refractivity contribution >= 4 is 34.7 Å². The maximum Gasteiger partial charge on any atom is 0.153 e. The second-order valence-electron chi connectivity index (χ2n) is 6.34. The Hall–Kier alpha value is -2.80. The van der Waals surface area contributed by atoms with Crippen molar-refractivity contribution in [3.63, 3.8) is 0 Å². The number of aromatic nitrogens is 3. The summed E-state index contributed by atoms with van der Waals surface area (Å²) in [4.78, 5) is 4.46. The quantitative estimate of drug-likeness (QED) is 0.514. The summed E-state index contributed by atoms with van der Waals surface area (Å²) >= 11 is 6.26. The lowest BCUT2D eigenvalue weighted by Gasteiger charge is -2.12. The van der Waals surface area contributed by atoms with E-state index in [1.54, 1.807) is 18.2 Å². The van der Waals surface area contributed by atoms with E-state index < -0.39 is 0 Å². The Morgan fingerprint density at radius 1 is 1.19 bits per heavy atom. The van der Waals surface area contributed by atoms with Gasteiger partial charge in [0.25, 0.3) is 0 Å². The summed E-state index contributed by atoms with van der Waals surface area (Å²) < 4.78 is 13.0. The molecule has 0 aliphatic heterocycles. The largest absolute Gasteiger partial charge is 0.396 e. The lowest BCUT2D eigenvalue weighted by atomic mass is 10.2. The molecule has 0 spiro atoms. The van der Waals surface area contributed by atoms with Gasteiger partial charge in [-0.3, -0.25) is 5.10 Å². The van der Waals surface area contributed by atoms with Crippen LogP contribution in [0.1, 0.15) is 30.0 Å². The third-order valence-electron chi connectivity index (χ3n) is 4.24. The molecule has 134 valence electrons. The molecule has 2 aromatic heterocycles. The van der Waals surface area contributed by atoms with Gasteiger partial charge in [-0.2, -0.15) is 5.10 Å². The van der Waals surface area contributed by atoms with Crippen LogP contribution in [-0.2, 0) is 6.54 Å². The SMILES string of the molecule is Nc1cc(Cl)c(Nc2cc(C3CC3)[nH]n2)nc1NCc1ccc(F)cc1. The number of aromatic amines is 1. The van der Waals surface area contributed by atoms with E-state index in [1.807, 2.05) is 6.07 Å². The molecule has 26 heavy (non-hydrogen) atoms. The summed E-state index contributed by atoms with van der Waals surface area (Å²) in [5.74, 6) is 1.95. The van der Waals surface area contributed by atoms with Crippen LogP contribution in [-0.4, -0.2) is 15.2 Å². The smallest absolute Gasteiger partial charge is 0.153 e. The number of halogens is 2. The van der Waals surface area contributed by atoms with Crippen LogP contribution in [0.3, 0.4) is 0 Å². The summed E-state index contributed by atoms with van der Waals surface area (Å²) in [5.41, 5.74) is 8.47. The van der Waals surface area contributed by atoms with Gasteiger partial charge in [0.2, 0.25) is 0 Å². The van der Waals surface area contributed by atoms with E-state index in [0.717, 1.165) is 11.3 Å². The zero-order chi connectivity index (χ0) is 18.1. The van der Waals surface area contributed by atoms with E-state index in [1.165, 1.54) is 25.0 Å². The minimum Gasteiger partial charge on any atom is -0.396 e. The fourth-order valence-corrected chi connectivity index (χ4v) is 2.85. The van der Waals surface area contributed by atoms with E-state index in [0.29, 0.717) is 40.6 Å². The van der Waals surface area contributed by atoms with Crippen molar-refractivity contribution in [2.45, 2.75) is 25.3 Å². The van der Waals surface area contributed by atoms with Crippen molar-refractivity contribution in [1.82, 2.24) is 15.2 Å². The molecule has 0 unspecified atom stereocenters. The number of nitrogens with one attached hydrogen (secondary N) is 3. The monoisotopic (exact) mass is 372 g/mol. The first-order valence-electron chi connectivity index (χ1n) is 8.35. The normalized spacial score (nSPS) is 13.6. The predicted octanol–water partition coefficient (Wildman–Crippen LogP) is 4.41. The Labute approximate surface area is 155 Å². The Bertz CT molecular complexity index is 920. The lowest BCUT2D eigenvalue weighted by molar-refractivity contribution is 0.627. The van der Waals surface area contributed by atoms with Gasteiger partial charge in [-0.15, -0.1) is 0 Å². The van der Waals surface area contributed by atoms with Gasteiger partial charge in [0, 0.05) is 24.2 Å². The van der Waals surface area contributed by atoms with Crippen LogP contribution in [0.2, 0.25) is 5.02 Å². The van der Waals surface area contributed by atoms with Crippen molar-refractivity contribution in [2.24, 2.45) is 0 Å². The van der Waals surface area contributed by atoms with Crippen molar-refractivity contribution in [3.8, 4) is 0 Å². The van der Waals surface area contributed by atoms with Gasteiger partial charge in [0.1, 0.15) is 5.82 Å². The molecule has 0 radical (unpaired) electrons. The van der Waals surface area contributed by atoms with Gasteiger partial charge in [-0.1, -0.05) is 23.7 Å². The van der Waals surface area contributed by atoms with Gasteiger partial charge in [0.05, 0.1) is 10.7 Å². The Balaban J connectivity index is 1.49. The molecule has 1 saturated carbocycles. The predicted molar refractivity (Wildman–Crippen MR) is 101 cm³/mol. The average molecular weight is 373 g/mol. The van der Waals surface area contributed by atoms with Crippen molar-refractivity contribution in [3.05, 3.63) is 58.5 Å². The van der Waals surface area contributed by atoms with Crippen molar-refractivity contribution in [2.75, 3.05) is 16.4 Å². The molecular weight excluding hydrogens is 355 g/mol. The number of anilines is 4. The minimum atomic E-state index is -0.270. The molecule has 0 atom stereocenters. The fourth-order valence-electron chi connectivity index (χ4n) is 2.65. The Kier molecular flexibility index (Phi) is 4.38. The highest BCUT2D eigenvalue weighted by Crippen LogP contribution is 2.40. The van der Waals surface area contributed by atoms with Crippen LogP contribution in [0.25, 0.3) is 0 Å². The molecule has 0 amide bonds. The number of nitrogens with zero attached hydrogens (tertiary/aromatic N) is 2. The molecule has 2 heterocycles. The van der Waals surface area contributed by atoms with E-state index in [9.17, 15) is 4.39 Å². The maximum atomic E-state index is 13.0. The summed E-state index contributed by atoms with van der Waals surface area (Å²) in [6.45, 7) is 0.465. The summed E-state index contributed by atoms with van der Waals surface area (Å²) in [7, 11) is 0. The first kappa shape index (κ1) is 16.7. The van der Waals surface area contributed by atoms with Crippen molar-refractivity contribution < 1.29 is 4.39 Å². The second kappa shape index (κ2) is 6.84. The molecule has 4 rings (SSSR count). The van der Waals surface area contributed by atoms with Crippen LogP contribution in [0.4, 0.5) is 27.5 Å². The van der Waals surface area contributed by atoms with Crippen LogP contribution >= 0.6 is 11.6 Å². The number of nitrogen functional groups attached to an aromatic ring is 1. The molecule has 1 aliphatic carbocycles. The highest BCUT2D eigenvalue weighted by atomic mass is 35.5. The molecule has 6 nitrogen and oxygen atoms in total. The average Bonchev–Trinajstić information content (AvgIpc) is 3.37. The van der Waals surface area contributed by atoms with Crippen LogP contribution in [0.5, 0.6) is 0 Å². The third kappa shape index (κ3) is 3.72. The summed E-state index contributed by atoms with van der Waals surface area (Å²) in [5, 5.41) is 14.0. The first-order chi connectivity index (χ1) is 12.6. The van der Waals surface area contributed by atoms with E-state index in [2.05, 4.69) is 25.8 Å². The topological polar surface area (TPSA) is 91.6 Å². The lowest BCUT2D eigenvalue weighted by Crippen LogP contribution is -2.07. The summed E-state index contributed by atoms with van der Waals surface area (Å²) in [6.07, 6.45) is 2.39. The molecule has 8 heteroatoms. The number of benzene rings is 1. The van der Waals surface area contributed by atoms with Crippen LogP contribution < -0.4 is 16.4 Å². The summed E-state index contributed by atoms with van der Waals surface area (Å²) in [6, 6.07) is 9.85. The van der Waals surface area contributed by atoms with E-state index in [4.69, 9.17) is 17.3 Å². The molecule has 5 N–H and O–H groups in total. The van der Waals surface area contributed by atoms with E-state index >= 15 is 0 Å². The highest BCUT2D eigenvalue weighted by Gasteiger charge is 2.25. The second-order valence-corrected chi connectivity index (χ2v) is 6.75. The van der Waals surface area contributed by atoms with Gasteiger partial charge >= 0.3 is 0 Å². The van der Waals surface area contributed by atoms with Crippen molar-refractivity contribution in [1.29, 1.82) is 0 Å². The Morgan fingerprint density at radius 2 is 1.96 bits per heavy atom. The zero-order valence-electron chi connectivity index (χ0n) is 13.9. The van der Waals surface area contributed by atoms with Gasteiger partial charge in [-0.05, 0) is 36.6 Å². The molecular formula is C18H18ClFN6. The van der Waals surface area contributed by atoms with Gasteiger partial charge < -0.3 is 16.4 Å². The number of rotatable bonds is 6. The number of H-pyrrole nitrogens is 1. The minimum absolute atomic E-state index is 0.270. The van der Waals surface area contributed by atoms with Crippen LogP contribution in [0, 0.1) is 5.82 Å².